The second-order valence-electron chi connectivity index (χ2n) is 4.77. The summed E-state index contributed by atoms with van der Waals surface area (Å²) in [6.07, 6.45) is 3.94. The molecule has 4 nitrogen and oxygen atoms in total. The van der Waals surface area contributed by atoms with Crippen molar-refractivity contribution in [2.45, 2.75) is 39.0 Å². The standard InChI is InChI=1S/C16H20O4/c1-3-5-11-7-13(9-15(17)18)14(10-16(19)20)8-12(11)6-4-2/h3,7-8H,1,4-6,9-10H2,2H3,(H,17,18)(H,19,20). The Morgan fingerprint density at radius 2 is 1.55 bits per heavy atom. The number of benzene rings is 1. The second-order valence-corrected chi connectivity index (χ2v) is 4.77. The highest BCUT2D eigenvalue weighted by molar-refractivity contribution is 5.74. The van der Waals surface area contributed by atoms with Crippen molar-refractivity contribution >= 4 is 11.9 Å². The second kappa shape index (κ2) is 7.48. The van der Waals surface area contributed by atoms with E-state index in [1.54, 1.807) is 6.08 Å². The summed E-state index contributed by atoms with van der Waals surface area (Å²) in [6.45, 7) is 5.76. The molecule has 0 aliphatic heterocycles. The monoisotopic (exact) mass is 276 g/mol. The van der Waals surface area contributed by atoms with E-state index in [-0.39, 0.29) is 12.8 Å². The SMILES string of the molecule is C=CCc1cc(CC(=O)O)c(CC(=O)O)cc1CCC. The first-order valence-electron chi connectivity index (χ1n) is 6.66. The van der Waals surface area contributed by atoms with Crippen molar-refractivity contribution in [2.75, 3.05) is 0 Å². The molecule has 0 aliphatic rings. The van der Waals surface area contributed by atoms with Gasteiger partial charge >= 0.3 is 11.9 Å². The summed E-state index contributed by atoms with van der Waals surface area (Å²) in [5.74, 6) is -1.90. The van der Waals surface area contributed by atoms with Crippen molar-refractivity contribution in [3.8, 4) is 0 Å². The summed E-state index contributed by atoms with van der Waals surface area (Å²) in [5, 5.41) is 17.9. The Morgan fingerprint density at radius 3 is 1.95 bits per heavy atom. The number of hydrogen-bond acceptors (Lipinski definition) is 2. The molecular weight excluding hydrogens is 256 g/mol. The fraction of sp³-hybridized carbons (Fsp3) is 0.375. The van der Waals surface area contributed by atoms with Crippen LogP contribution in [0.1, 0.15) is 35.6 Å². The van der Waals surface area contributed by atoms with Crippen molar-refractivity contribution in [3.05, 3.63) is 47.0 Å². The molecule has 0 bridgehead atoms. The van der Waals surface area contributed by atoms with Crippen molar-refractivity contribution in [3.63, 3.8) is 0 Å². The quantitative estimate of drug-likeness (QED) is 0.716. The van der Waals surface area contributed by atoms with Crippen LogP contribution in [0.25, 0.3) is 0 Å². The number of carboxylic acid groups (broad SMARTS) is 2. The molecule has 0 atom stereocenters. The molecule has 1 aromatic carbocycles. The average molecular weight is 276 g/mol. The van der Waals surface area contributed by atoms with Crippen molar-refractivity contribution in [1.29, 1.82) is 0 Å². The molecule has 2 N–H and O–H groups in total. The maximum absolute atomic E-state index is 10.9. The minimum atomic E-state index is -0.954. The lowest BCUT2D eigenvalue weighted by Crippen LogP contribution is -2.10. The molecule has 20 heavy (non-hydrogen) atoms. The first-order chi connectivity index (χ1) is 9.47. The summed E-state index contributed by atoms with van der Waals surface area (Å²) >= 11 is 0. The van der Waals surface area contributed by atoms with E-state index in [0.29, 0.717) is 17.5 Å². The van der Waals surface area contributed by atoms with E-state index in [0.717, 1.165) is 24.0 Å². The van der Waals surface area contributed by atoms with Crippen LogP contribution in [-0.2, 0) is 35.3 Å². The topological polar surface area (TPSA) is 74.6 Å². The van der Waals surface area contributed by atoms with Crippen LogP contribution in [0.15, 0.2) is 24.8 Å². The molecule has 0 unspecified atom stereocenters. The predicted octanol–water partition coefficient (Wildman–Crippen LogP) is 2.62. The Kier molecular flexibility index (Phi) is 5.97. The van der Waals surface area contributed by atoms with Crippen LogP contribution >= 0.6 is 0 Å². The number of carboxylic acids is 2. The van der Waals surface area contributed by atoms with E-state index in [2.05, 4.69) is 13.5 Å². The first-order valence-corrected chi connectivity index (χ1v) is 6.66. The minimum Gasteiger partial charge on any atom is -0.481 e. The summed E-state index contributed by atoms with van der Waals surface area (Å²) in [7, 11) is 0. The third kappa shape index (κ3) is 4.53. The van der Waals surface area contributed by atoms with Crippen LogP contribution in [0.3, 0.4) is 0 Å². The van der Waals surface area contributed by atoms with Crippen LogP contribution in [-0.4, -0.2) is 22.2 Å². The highest BCUT2D eigenvalue weighted by Gasteiger charge is 2.14. The molecule has 0 heterocycles. The highest BCUT2D eigenvalue weighted by atomic mass is 16.4. The fourth-order valence-corrected chi connectivity index (χ4v) is 2.29. The molecule has 0 aromatic heterocycles. The lowest BCUT2D eigenvalue weighted by atomic mass is 9.91. The maximum Gasteiger partial charge on any atom is 0.307 e. The average Bonchev–Trinajstić information content (AvgIpc) is 2.33. The maximum atomic E-state index is 10.9. The molecule has 0 fully saturated rings. The summed E-state index contributed by atoms with van der Waals surface area (Å²) in [6, 6.07) is 3.66. The number of aliphatic carboxylic acids is 2. The molecule has 0 saturated carbocycles. The number of rotatable bonds is 8. The van der Waals surface area contributed by atoms with Gasteiger partial charge in [0.1, 0.15) is 0 Å². The van der Waals surface area contributed by atoms with Gasteiger partial charge in [0.05, 0.1) is 12.8 Å². The molecule has 0 spiro atoms. The number of hydrogen-bond donors (Lipinski definition) is 2. The van der Waals surface area contributed by atoms with Gasteiger partial charge in [-0.05, 0) is 35.1 Å². The Balaban J connectivity index is 3.29. The molecule has 4 heteroatoms. The lowest BCUT2D eigenvalue weighted by molar-refractivity contribution is -0.137. The van der Waals surface area contributed by atoms with Gasteiger partial charge in [0.15, 0.2) is 0 Å². The van der Waals surface area contributed by atoms with E-state index < -0.39 is 11.9 Å². The van der Waals surface area contributed by atoms with Gasteiger partial charge in [0.25, 0.3) is 0 Å². The zero-order valence-electron chi connectivity index (χ0n) is 11.7. The molecule has 0 aliphatic carbocycles. The Labute approximate surface area is 118 Å². The van der Waals surface area contributed by atoms with Gasteiger partial charge < -0.3 is 10.2 Å². The third-order valence-corrected chi connectivity index (χ3v) is 3.09. The van der Waals surface area contributed by atoms with E-state index in [4.69, 9.17) is 10.2 Å². The highest BCUT2D eigenvalue weighted by Crippen LogP contribution is 2.21. The largest absolute Gasteiger partial charge is 0.481 e. The summed E-state index contributed by atoms with van der Waals surface area (Å²) < 4.78 is 0. The van der Waals surface area contributed by atoms with Crippen LogP contribution in [0.5, 0.6) is 0 Å². The molecule has 0 radical (unpaired) electrons. The summed E-state index contributed by atoms with van der Waals surface area (Å²) in [5.41, 5.74) is 3.29. The fourth-order valence-electron chi connectivity index (χ4n) is 2.29. The minimum absolute atomic E-state index is 0.145. The zero-order valence-corrected chi connectivity index (χ0v) is 11.7. The van der Waals surface area contributed by atoms with Gasteiger partial charge in [0, 0.05) is 0 Å². The van der Waals surface area contributed by atoms with Gasteiger partial charge in [-0.25, -0.2) is 0 Å². The van der Waals surface area contributed by atoms with Gasteiger partial charge in [0.2, 0.25) is 0 Å². The van der Waals surface area contributed by atoms with Crippen molar-refractivity contribution < 1.29 is 19.8 Å². The molecule has 0 amide bonds. The van der Waals surface area contributed by atoms with E-state index in [1.807, 2.05) is 12.1 Å². The van der Waals surface area contributed by atoms with Gasteiger partial charge in [-0.3, -0.25) is 9.59 Å². The Bertz CT molecular complexity index is 517. The van der Waals surface area contributed by atoms with Crippen LogP contribution < -0.4 is 0 Å². The molecular formula is C16H20O4. The first kappa shape index (κ1) is 16.0. The van der Waals surface area contributed by atoms with E-state index in [9.17, 15) is 9.59 Å². The molecule has 0 saturated heterocycles. The number of aryl methyl sites for hydroxylation is 1. The predicted molar refractivity (Wildman–Crippen MR) is 77.0 cm³/mol. The number of allylic oxidation sites excluding steroid dienone is 1. The van der Waals surface area contributed by atoms with Crippen molar-refractivity contribution in [2.24, 2.45) is 0 Å². The number of carbonyl (C=O) groups is 2. The third-order valence-electron chi connectivity index (χ3n) is 3.09. The van der Waals surface area contributed by atoms with Gasteiger partial charge in [-0.15, -0.1) is 6.58 Å². The lowest BCUT2D eigenvalue weighted by Gasteiger charge is -2.14. The Morgan fingerprint density at radius 1 is 1.05 bits per heavy atom. The van der Waals surface area contributed by atoms with E-state index in [1.165, 1.54) is 0 Å². The Hall–Kier alpha value is -2.10. The molecule has 1 rings (SSSR count). The summed E-state index contributed by atoms with van der Waals surface area (Å²) in [4.78, 5) is 21.8. The van der Waals surface area contributed by atoms with Crippen molar-refractivity contribution in [1.82, 2.24) is 0 Å². The smallest absolute Gasteiger partial charge is 0.307 e. The zero-order chi connectivity index (χ0) is 15.1. The van der Waals surface area contributed by atoms with Gasteiger partial charge in [-0.1, -0.05) is 31.6 Å². The molecule has 1 aromatic rings. The normalized spacial score (nSPS) is 10.2. The molecule has 108 valence electrons. The van der Waals surface area contributed by atoms with Crippen LogP contribution in [0.4, 0.5) is 0 Å². The van der Waals surface area contributed by atoms with Crippen LogP contribution in [0.2, 0.25) is 0 Å². The van der Waals surface area contributed by atoms with E-state index >= 15 is 0 Å². The van der Waals surface area contributed by atoms with Gasteiger partial charge in [-0.2, -0.15) is 0 Å². The van der Waals surface area contributed by atoms with Crippen LogP contribution in [0, 0.1) is 0 Å².